The highest BCUT2D eigenvalue weighted by Gasteiger charge is 2.60. The van der Waals surface area contributed by atoms with Gasteiger partial charge in [0.1, 0.15) is 0 Å². The standard InChI is InChI=1S/C28H36O4/c1-17-13-23-22(27(23,4)5)12-11-20(16-29)14-24-25(21-9-7-6-8-10-21)18(2)15-28(24,26(17)31)32-19(3)30/h6-10,13-14,18,22-25,29H,11-12,15-16H2,1-5H3/b17-13+,20-14+/t18-,22-,23+,24-,25+,28+/m0/s1. The molecular formula is C28H36O4. The predicted octanol–water partition coefficient (Wildman–Crippen LogP) is 5.23. The third kappa shape index (κ3) is 3.77. The average molecular weight is 437 g/mol. The van der Waals surface area contributed by atoms with E-state index in [4.69, 9.17) is 4.74 Å². The topological polar surface area (TPSA) is 63.6 Å². The zero-order valence-corrected chi connectivity index (χ0v) is 19.9. The maximum absolute atomic E-state index is 14.1. The number of carbonyl (C=O) groups excluding carboxylic acids is 2. The maximum atomic E-state index is 14.1. The molecule has 1 N–H and O–H groups in total. The number of fused-ring (bicyclic) bond motifs is 2. The summed E-state index contributed by atoms with van der Waals surface area (Å²) in [5, 5.41) is 10.2. The Bertz CT molecular complexity index is 957. The minimum atomic E-state index is -1.24. The molecule has 4 heteroatoms. The van der Waals surface area contributed by atoms with Crippen molar-refractivity contribution in [1.29, 1.82) is 0 Å². The van der Waals surface area contributed by atoms with Crippen molar-refractivity contribution < 1.29 is 19.4 Å². The number of ketones is 1. The van der Waals surface area contributed by atoms with E-state index >= 15 is 0 Å². The number of allylic oxidation sites excluding steroid dienone is 1. The van der Waals surface area contributed by atoms with E-state index in [0.717, 1.165) is 24.0 Å². The number of carbonyl (C=O) groups is 2. The highest BCUT2D eigenvalue weighted by atomic mass is 16.6. The van der Waals surface area contributed by atoms with Crippen LogP contribution in [-0.4, -0.2) is 29.1 Å². The van der Waals surface area contributed by atoms with Gasteiger partial charge in [-0.15, -0.1) is 0 Å². The fourth-order valence-corrected chi connectivity index (χ4v) is 6.65. The van der Waals surface area contributed by atoms with Crippen LogP contribution in [-0.2, 0) is 14.3 Å². The molecule has 0 saturated heterocycles. The Morgan fingerprint density at radius 1 is 1.16 bits per heavy atom. The van der Waals surface area contributed by atoms with Crippen molar-refractivity contribution in [1.82, 2.24) is 0 Å². The Labute approximate surface area is 191 Å². The molecule has 6 atom stereocenters. The van der Waals surface area contributed by atoms with Gasteiger partial charge in [0.15, 0.2) is 5.60 Å². The summed E-state index contributed by atoms with van der Waals surface area (Å²) in [6, 6.07) is 10.2. The third-order valence-corrected chi connectivity index (χ3v) is 8.38. The summed E-state index contributed by atoms with van der Waals surface area (Å²) in [5.74, 6) is 0.163. The lowest BCUT2D eigenvalue weighted by molar-refractivity contribution is -0.167. The van der Waals surface area contributed by atoms with E-state index in [9.17, 15) is 14.7 Å². The van der Waals surface area contributed by atoms with Gasteiger partial charge in [0.2, 0.25) is 5.78 Å². The van der Waals surface area contributed by atoms with Gasteiger partial charge in [0.25, 0.3) is 0 Å². The lowest BCUT2D eigenvalue weighted by Gasteiger charge is -2.35. The lowest BCUT2D eigenvalue weighted by atomic mass is 9.76. The molecule has 0 aromatic heterocycles. The van der Waals surface area contributed by atoms with Crippen molar-refractivity contribution in [2.45, 2.75) is 65.4 Å². The molecule has 4 nitrogen and oxygen atoms in total. The average Bonchev–Trinajstić information content (AvgIpc) is 3.13. The second kappa shape index (κ2) is 8.30. The summed E-state index contributed by atoms with van der Waals surface area (Å²) in [7, 11) is 0. The van der Waals surface area contributed by atoms with Gasteiger partial charge in [-0.1, -0.05) is 63.3 Å². The molecule has 0 heterocycles. The van der Waals surface area contributed by atoms with Gasteiger partial charge in [0.05, 0.1) is 6.61 Å². The molecule has 32 heavy (non-hydrogen) atoms. The van der Waals surface area contributed by atoms with Crippen LogP contribution in [0.15, 0.2) is 53.6 Å². The van der Waals surface area contributed by atoms with Crippen LogP contribution in [0.4, 0.5) is 0 Å². The summed E-state index contributed by atoms with van der Waals surface area (Å²) in [6.45, 7) is 9.87. The zero-order valence-electron chi connectivity index (χ0n) is 19.9. The molecule has 0 amide bonds. The second-order valence-corrected chi connectivity index (χ2v) is 10.8. The van der Waals surface area contributed by atoms with Crippen molar-refractivity contribution in [2.24, 2.45) is 29.1 Å². The van der Waals surface area contributed by atoms with Crippen LogP contribution in [0, 0.1) is 29.1 Å². The smallest absolute Gasteiger partial charge is 0.303 e. The van der Waals surface area contributed by atoms with E-state index in [0.29, 0.717) is 23.8 Å². The molecule has 1 aromatic rings. The highest BCUT2D eigenvalue weighted by molar-refractivity contribution is 6.03. The monoisotopic (exact) mass is 436 g/mol. The normalized spacial score (nSPS) is 39.4. The number of hydrogen-bond donors (Lipinski definition) is 1. The van der Waals surface area contributed by atoms with E-state index < -0.39 is 11.6 Å². The number of esters is 1. The molecule has 172 valence electrons. The molecule has 1 aromatic carbocycles. The summed E-state index contributed by atoms with van der Waals surface area (Å²) < 4.78 is 6.02. The Morgan fingerprint density at radius 3 is 2.47 bits per heavy atom. The van der Waals surface area contributed by atoms with Crippen molar-refractivity contribution >= 4 is 11.8 Å². The van der Waals surface area contributed by atoms with E-state index in [2.05, 4.69) is 45.1 Å². The van der Waals surface area contributed by atoms with Gasteiger partial charge < -0.3 is 9.84 Å². The first-order chi connectivity index (χ1) is 15.1. The van der Waals surface area contributed by atoms with Crippen LogP contribution >= 0.6 is 0 Å². The Balaban J connectivity index is 1.89. The largest absolute Gasteiger partial charge is 0.450 e. The summed E-state index contributed by atoms with van der Waals surface area (Å²) in [5.41, 5.74) is 1.67. The van der Waals surface area contributed by atoms with Gasteiger partial charge in [-0.3, -0.25) is 9.59 Å². The molecule has 0 aliphatic heterocycles. The second-order valence-electron chi connectivity index (χ2n) is 10.8. The van der Waals surface area contributed by atoms with E-state index in [1.54, 1.807) is 0 Å². The van der Waals surface area contributed by atoms with Crippen LogP contribution in [0.3, 0.4) is 0 Å². The van der Waals surface area contributed by atoms with Crippen molar-refractivity contribution in [3.8, 4) is 0 Å². The molecule has 4 rings (SSSR count). The van der Waals surface area contributed by atoms with Crippen LogP contribution < -0.4 is 0 Å². The highest BCUT2D eigenvalue weighted by Crippen LogP contribution is 2.62. The third-order valence-electron chi connectivity index (χ3n) is 8.38. The van der Waals surface area contributed by atoms with Crippen molar-refractivity contribution in [2.75, 3.05) is 6.61 Å². The fraction of sp³-hybridized carbons (Fsp3) is 0.571. The van der Waals surface area contributed by atoms with Crippen LogP contribution in [0.25, 0.3) is 0 Å². The molecule has 3 aliphatic rings. The number of aliphatic hydroxyl groups excluding tert-OH is 1. The Kier molecular flexibility index (Phi) is 5.96. The number of hydrogen-bond acceptors (Lipinski definition) is 4. The van der Waals surface area contributed by atoms with Crippen LogP contribution in [0.1, 0.15) is 65.4 Å². The molecular weight excluding hydrogens is 400 g/mol. The lowest BCUT2D eigenvalue weighted by Crippen LogP contribution is -2.47. The first-order valence-electron chi connectivity index (χ1n) is 11.9. The van der Waals surface area contributed by atoms with Gasteiger partial charge >= 0.3 is 5.97 Å². The predicted molar refractivity (Wildman–Crippen MR) is 125 cm³/mol. The van der Waals surface area contributed by atoms with Gasteiger partial charge in [-0.05, 0) is 72.0 Å². The number of benzene rings is 1. The van der Waals surface area contributed by atoms with Gasteiger partial charge in [0, 0.05) is 12.8 Å². The maximum Gasteiger partial charge on any atom is 0.303 e. The number of Topliss-reactive ketones (excluding diaryl/α,β-unsaturated/α-hetero) is 1. The molecule has 0 spiro atoms. The SMILES string of the molecule is CC(=O)O[C@]12C[C@H](C)[C@H](c3ccccc3)[C@@H]1/C=C(/CO)CC[C@H]1[C@@H](/C=C(\C)C2=O)C1(C)C. The van der Waals surface area contributed by atoms with Gasteiger partial charge in [-0.25, -0.2) is 0 Å². The minimum absolute atomic E-state index is 0.0283. The summed E-state index contributed by atoms with van der Waals surface area (Å²) >= 11 is 0. The van der Waals surface area contributed by atoms with E-state index in [1.807, 2.05) is 25.1 Å². The summed E-state index contributed by atoms with van der Waals surface area (Å²) in [6.07, 6.45) is 6.46. The molecule has 0 bridgehead atoms. The molecule has 0 radical (unpaired) electrons. The molecule has 3 aliphatic carbocycles. The van der Waals surface area contributed by atoms with Gasteiger partial charge in [-0.2, -0.15) is 0 Å². The van der Waals surface area contributed by atoms with Crippen LogP contribution in [0.5, 0.6) is 0 Å². The first kappa shape index (κ1) is 23.0. The Hall–Kier alpha value is -2.20. The molecule has 0 unspecified atom stereocenters. The number of aliphatic hydroxyl groups is 1. The minimum Gasteiger partial charge on any atom is -0.450 e. The van der Waals surface area contributed by atoms with Crippen molar-refractivity contribution in [3.05, 3.63) is 59.2 Å². The van der Waals surface area contributed by atoms with Crippen LogP contribution in [0.2, 0.25) is 0 Å². The number of rotatable bonds is 3. The summed E-state index contributed by atoms with van der Waals surface area (Å²) in [4.78, 5) is 26.4. The molecule has 2 saturated carbocycles. The number of ether oxygens (including phenoxy) is 1. The first-order valence-corrected chi connectivity index (χ1v) is 11.9. The van der Waals surface area contributed by atoms with E-state index in [1.165, 1.54) is 6.92 Å². The fourth-order valence-electron chi connectivity index (χ4n) is 6.65. The Morgan fingerprint density at radius 2 is 1.84 bits per heavy atom. The quantitative estimate of drug-likeness (QED) is 0.521. The van der Waals surface area contributed by atoms with Crippen molar-refractivity contribution in [3.63, 3.8) is 0 Å². The zero-order chi connectivity index (χ0) is 23.3. The molecule has 2 fully saturated rings. The van der Waals surface area contributed by atoms with E-state index in [-0.39, 0.29) is 35.6 Å².